The second-order valence-electron chi connectivity index (χ2n) is 9.35. The molecule has 6 rings (SSSR count). The van der Waals surface area contributed by atoms with Crippen molar-refractivity contribution in [3.63, 3.8) is 0 Å². The molecule has 1 N–H and O–H groups in total. The van der Waals surface area contributed by atoms with E-state index in [1.54, 1.807) is 0 Å². The van der Waals surface area contributed by atoms with Crippen molar-refractivity contribution in [2.75, 3.05) is 12.4 Å². The van der Waals surface area contributed by atoms with Crippen molar-refractivity contribution in [1.29, 1.82) is 0 Å². The number of ether oxygens (including phenoxy) is 2. The van der Waals surface area contributed by atoms with Gasteiger partial charge in [-0.15, -0.1) is 0 Å². The number of hydrogen-bond acceptors (Lipinski definition) is 6. The Hall–Kier alpha value is -3.00. The Labute approximate surface area is 202 Å². The quantitative estimate of drug-likeness (QED) is 0.311. The summed E-state index contributed by atoms with van der Waals surface area (Å²) < 4.78 is 14.8. The zero-order valence-electron chi connectivity index (χ0n) is 19.3. The molecule has 3 atom stereocenters. The van der Waals surface area contributed by atoms with E-state index in [-0.39, 0.29) is 18.2 Å². The molecule has 2 aliphatic rings. The monoisotopic (exact) mass is 475 g/mol. The Morgan fingerprint density at radius 2 is 1.94 bits per heavy atom. The lowest BCUT2D eigenvalue weighted by molar-refractivity contribution is -0.147. The maximum Gasteiger partial charge on any atom is 0.164 e. The summed E-state index contributed by atoms with van der Waals surface area (Å²) in [5.74, 6) is 0.231. The molecule has 3 aromatic heterocycles. The fourth-order valence-electron chi connectivity index (χ4n) is 5.13. The molecule has 7 nitrogen and oxygen atoms in total. The van der Waals surface area contributed by atoms with Crippen molar-refractivity contribution in [3.8, 4) is 0 Å². The SMILES string of the molecule is CNc1ccc2ccc(CCC3=C[C@@H](n4ccc5c(Cl)ncnc54)[C@@H]4OC(C)(C)O[C@H]34)cc2n1. The lowest BCUT2D eigenvalue weighted by Crippen LogP contribution is -2.27. The van der Waals surface area contributed by atoms with E-state index in [0.717, 1.165) is 40.6 Å². The number of nitrogens with zero attached hydrogens (tertiary/aromatic N) is 4. The van der Waals surface area contributed by atoms with Crippen LogP contribution in [0.15, 0.2) is 60.6 Å². The van der Waals surface area contributed by atoms with E-state index in [0.29, 0.717) is 5.15 Å². The van der Waals surface area contributed by atoms with E-state index in [4.69, 9.17) is 26.1 Å². The molecule has 0 spiro atoms. The predicted octanol–water partition coefficient (Wildman–Crippen LogP) is 5.31. The number of nitrogens with one attached hydrogen (secondary N) is 1. The second kappa shape index (κ2) is 8.05. The number of halogens is 1. The number of fused-ring (bicyclic) bond motifs is 3. The van der Waals surface area contributed by atoms with E-state index in [1.165, 1.54) is 17.5 Å². The first kappa shape index (κ1) is 21.5. The van der Waals surface area contributed by atoms with E-state index in [1.807, 2.05) is 39.2 Å². The molecule has 0 bridgehead atoms. The first-order valence-corrected chi connectivity index (χ1v) is 11.9. The summed E-state index contributed by atoms with van der Waals surface area (Å²) in [5.41, 5.74) is 4.30. The average molecular weight is 476 g/mol. The van der Waals surface area contributed by atoms with Crippen molar-refractivity contribution in [2.24, 2.45) is 0 Å². The molecule has 1 saturated heterocycles. The van der Waals surface area contributed by atoms with Crippen LogP contribution in [0.5, 0.6) is 0 Å². The molecule has 1 aliphatic heterocycles. The van der Waals surface area contributed by atoms with Crippen LogP contribution in [0.3, 0.4) is 0 Å². The van der Waals surface area contributed by atoms with E-state index < -0.39 is 5.79 Å². The number of pyridine rings is 1. The third-order valence-electron chi connectivity index (χ3n) is 6.71. The molecule has 0 unspecified atom stereocenters. The van der Waals surface area contributed by atoms with Crippen molar-refractivity contribution in [3.05, 3.63) is 71.3 Å². The first-order chi connectivity index (χ1) is 16.4. The Kier molecular flexibility index (Phi) is 5.09. The lowest BCUT2D eigenvalue weighted by atomic mass is 10.0. The summed E-state index contributed by atoms with van der Waals surface area (Å²) >= 11 is 6.30. The van der Waals surface area contributed by atoms with Crippen molar-refractivity contribution in [1.82, 2.24) is 19.5 Å². The summed E-state index contributed by atoms with van der Waals surface area (Å²) in [7, 11) is 1.89. The second-order valence-corrected chi connectivity index (χ2v) is 9.71. The maximum atomic E-state index is 6.37. The lowest BCUT2D eigenvalue weighted by Gasteiger charge is -2.22. The van der Waals surface area contributed by atoms with Crippen molar-refractivity contribution >= 4 is 39.4 Å². The van der Waals surface area contributed by atoms with Gasteiger partial charge in [-0.2, -0.15) is 0 Å². The van der Waals surface area contributed by atoms with E-state index >= 15 is 0 Å². The van der Waals surface area contributed by atoms with Gasteiger partial charge in [-0.05, 0) is 62.1 Å². The normalized spacial score (nSPS) is 23.4. The molecule has 1 aromatic carbocycles. The molecule has 1 fully saturated rings. The van der Waals surface area contributed by atoms with Gasteiger partial charge in [-0.1, -0.05) is 29.8 Å². The predicted molar refractivity (Wildman–Crippen MR) is 133 cm³/mol. The Balaban J connectivity index is 1.30. The fourth-order valence-corrected chi connectivity index (χ4v) is 5.32. The summed E-state index contributed by atoms with van der Waals surface area (Å²) in [6.45, 7) is 3.95. The highest BCUT2D eigenvalue weighted by Crippen LogP contribution is 2.45. The van der Waals surface area contributed by atoms with Gasteiger partial charge in [-0.25, -0.2) is 15.0 Å². The van der Waals surface area contributed by atoms with Crippen molar-refractivity contribution in [2.45, 2.75) is 50.7 Å². The summed E-state index contributed by atoms with van der Waals surface area (Å²) in [4.78, 5) is 13.3. The van der Waals surface area contributed by atoms with Crippen LogP contribution in [-0.2, 0) is 15.9 Å². The molecular formula is C26H26ClN5O2. The molecular weight excluding hydrogens is 450 g/mol. The molecule has 34 heavy (non-hydrogen) atoms. The number of benzene rings is 1. The van der Waals surface area contributed by atoms with Crippen molar-refractivity contribution < 1.29 is 9.47 Å². The van der Waals surface area contributed by atoms with Crippen LogP contribution in [0.4, 0.5) is 5.82 Å². The molecule has 4 heterocycles. The number of rotatable bonds is 5. The van der Waals surface area contributed by atoms with Gasteiger partial charge in [0.15, 0.2) is 5.79 Å². The summed E-state index contributed by atoms with van der Waals surface area (Å²) in [6, 6.07) is 12.5. The van der Waals surface area contributed by atoms with Gasteiger partial charge in [0.05, 0.1) is 16.9 Å². The Bertz CT molecular complexity index is 1430. The molecule has 1 aliphatic carbocycles. The third-order valence-corrected chi connectivity index (χ3v) is 7.01. The average Bonchev–Trinajstić information content (AvgIpc) is 3.48. The minimum absolute atomic E-state index is 0.0262. The zero-order chi connectivity index (χ0) is 23.4. The Morgan fingerprint density at radius 1 is 1.09 bits per heavy atom. The van der Waals surface area contributed by atoms with Gasteiger partial charge in [-0.3, -0.25) is 0 Å². The number of aryl methyl sites for hydroxylation is 1. The van der Waals surface area contributed by atoms with E-state index in [2.05, 4.69) is 50.2 Å². The minimum Gasteiger partial charge on any atom is -0.373 e. The highest BCUT2D eigenvalue weighted by molar-refractivity contribution is 6.33. The van der Waals surface area contributed by atoms with Crippen LogP contribution < -0.4 is 5.32 Å². The van der Waals surface area contributed by atoms with Crippen LogP contribution in [0.1, 0.15) is 31.9 Å². The minimum atomic E-state index is -0.640. The molecule has 174 valence electrons. The summed E-state index contributed by atoms with van der Waals surface area (Å²) in [5, 5.41) is 5.54. The van der Waals surface area contributed by atoms with Crippen LogP contribution in [0, 0.1) is 0 Å². The van der Waals surface area contributed by atoms with E-state index in [9.17, 15) is 0 Å². The fraction of sp³-hybridized carbons (Fsp3) is 0.346. The van der Waals surface area contributed by atoms with Gasteiger partial charge in [0, 0.05) is 18.6 Å². The van der Waals surface area contributed by atoms with Gasteiger partial charge in [0.2, 0.25) is 0 Å². The van der Waals surface area contributed by atoms with Crippen LogP contribution in [-0.4, -0.2) is 44.6 Å². The molecule has 0 radical (unpaired) electrons. The molecule has 8 heteroatoms. The van der Waals surface area contributed by atoms with Gasteiger partial charge in [0.1, 0.15) is 35.2 Å². The standard InChI is InChI=1S/C26H26ClN5O2/c1-26(2)33-22-17(7-5-15-4-6-16-8-9-21(28-3)31-19(16)12-15)13-20(23(22)34-26)32-11-10-18-24(27)29-14-30-25(18)32/h4,6,8-14,20,22-23H,5,7H2,1-3H3,(H,28,31)/t20-,22-,23+/m1/s1. The number of aromatic nitrogens is 4. The third kappa shape index (κ3) is 3.64. The maximum absolute atomic E-state index is 6.37. The highest BCUT2D eigenvalue weighted by Gasteiger charge is 2.50. The van der Waals surface area contributed by atoms with Gasteiger partial charge < -0.3 is 19.4 Å². The molecule has 0 saturated carbocycles. The highest BCUT2D eigenvalue weighted by atomic mass is 35.5. The first-order valence-electron chi connectivity index (χ1n) is 11.5. The number of anilines is 1. The van der Waals surface area contributed by atoms with Crippen LogP contribution in [0.25, 0.3) is 21.9 Å². The smallest absolute Gasteiger partial charge is 0.164 e. The topological polar surface area (TPSA) is 74.1 Å². The van der Waals surface area contributed by atoms with Crippen LogP contribution >= 0.6 is 11.6 Å². The number of hydrogen-bond donors (Lipinski definition) is 1. The van der Waals surface area contributed by atoms with Gasteiger partial charge >= 0.3 is 0 Å². The van der Waals surface area contributed by atoms with Gasteiger partial charge in [0.25, 0.3) is 0 Å². The molecule has 0 amide bonds. The summed E-state index contributed by atoms with van der Waals surface area (Å²) in [6.07, 6.45) is 7.35. The largest absolute Gasteiger partial charge is 0.373 e. The van der Waals surface area contributed by atoms with Crippen LogP contribution in [0.2, 0.25) is 5.15 Å². The zero-order valence-corrected chi connectivity index (χ0v) is 20.1. The molecule has 4 aromatic rings. The Morgan fingerprint density at radius 3 is 2.79 bits per heavy atom.